The van der Waals surface area contributed by atoms with Gasteiger partial charge in [0.2, 0.25) is 0 Å². The number of Topliss-reactive ketones (excluding diaryl/α,β-unsaturated/α-hetero) is 1. The molecule has 2 aromatic carbocycles. The zero-order chi connectivity index (χ0) is 17.9. The van der Waals surface area contributed by atoms with Crippen LogP contribution in [0.5, 0.6) is 5.75 Å². The number of nitrogens with one attached hydrogen (secondary N) is 1. The van der Waals surface area contributed by atoms with E-state index in [4.69, 9.17) is 4.74 Å². The Bertz CT molecular complexity index is 783. The van der Waals surface area contributed by atoms with Crippen molar-refractivity contribution in [2.24, 2.45) is 5.92 Å². The summed E-state index contributed by atoms with van der Waals surface area (Å²) >= 11 is 0. The molecule has 0 amide bonds. The summed E-state index contributed by atoms with van der Waals surface area (Å²) < 4.78 is 5.29. The lowest BCUT2D eigenvalue weighted by molar-refractivity contribution is 0.0718. The van der Waals surface area contributed by atoms with Gasteiger partial charge in [0.15, 0.2) is 5.78 Å². The lowest BCUT2D eigenvalue weighted by Crippen LogP contribution is -2.50. The predicted octanol–water partition coefficient (Wildman–Crippen LogP) is 3.50. The number of carbonyl (C=O) groups is 1. The van der Waals surface area contributed by atoms with Gasteiger partial charge in [-0.2, -0.15) is 0 Å². The Morgan fingerprint density at radius 2 is 1.96 bits per heavy atom. The fourth-order valence-corrected chi connectivity index (χ4v) is 4.44. The Hall–Kier alpha value is -1.91. The highest BCUT2D eigenvalue weighted by Crippen LogP contribution is 2.27. The average Bonchev–Trinajstić information content (AvgIpc) is 2.73. The van der Waals surface area contributed by atoms with E-state index in [0.717, 1.165) is 61.1 Å². The molecule has 0 saturated carbocycles. The summed E-state index contributed by atoms with van der Waals surface area (Å²) in [6, 6.07) is 12.7. The van der Waals surface area contributed by atoms with E-state index in [1.807, 2.05) is 36.4 Å². The van der Waals surface area contributed by atoms with Crippen molar-refractivity contribution in [3.63, 3.8) is 0 Å². The molecule has 1 N–H and O–H groups in total. The average molecular weight is 352 g/mol. The third-order valence-corrected chi connectivity index (χ3v) is 5.94. The molecule has 0 radical (unpaired) electrons. The maximum absolute atomic E-state index is 13.1. The van der Waals surface area contributed by atoms with Crippen LogP contribution >= 0.6 is 0 Å². The third-order valence-electron chi connectivity index (χ3n) is 5.94. The number of benzene rings is 2. The van der Waals surface area contributed by atoms with Crippen molar-refractivity contribution in [2.45, 2.75) is 31.7 Å². The second-order valence-electron chi connectivity index (χ2n) is 7.63. The van der Waals surface area contributed by atoms with Crippen molar-refractivity contribution in [1.82, 2.24) is 10.2 Å². The SMILES string of the molecule is COc1ccc2cc(C(=O)C3CCCN(C4CCCNC4)C3)ccc2c1. The molecule has 2 aromatic rings. The highest BCUT2D eigenvalue weighted by Gasteiger charge is 2.30. The number of ketones is 1. The molecular formula is C22H28N2O2. The smallest absolute Gasteiger partial charge is 0.167 e. The van der Waals surface area contributed by atoms with Crippen molar-refractivity contribution < 1.29 is 9.53 Å². The molecule has 2 aliphatic heterocycles. The summed E-state index contributed by atoms with van der Waals surface area (Å²) in [5.41, 5.74) is 0.844. The Morgan fingerprint density at radius 3 is 2.77 bits per heavy atom. The van der Waals surface area contributed by atoms with Crippen molar-refractivity contribution >= 4 is 16.6 Å². The van der Waals surface area contributed by atoms with Gasteiger partial charge in [0.1, 0.15) is 5.75 Å². The van der Waals surface area contributed by atoms with E-state index in [2.05, 4.69) is 10.2 Å². The summed E-state index contributed by atoms with van der Waals surface area (Å²) in [6.45, 7) is 4.24. The molecule has 26 heavy (non-hydrogen) atoms. The minimum atomic E-state index is 0.126. The van der Waals surface area contributed by atoms with Gasteiger partial charge < -0.3 is 10.1 Å². The summed E-state index contributed by atoms with van der Waals surface area (Å²) in [4.78, 5) is 15.7. The summed E-state index contributed by atoms with van der Waals surface area (Å²) in [7, 11) is 1.68. The van der Waals surface area contributed by atoms with Gasteiger partial charge in [0.25, 0.3) is 0 Å². The van der Waals surface area contributed by atoms with Gasteiger partial charge in [-0.15, -0.1) is 0 Å². The first-order chi connectivity index (χ1) is 12.7. The van der Waals surface area contributed by atoms with Gasteiger partial charge in [0.05, 0.1) is 7.11 Å². The second kappa shape index (κ2) is 7.77. The normalized spacial score (nSPS) is 24.5. The minimum Gasteiger partial charge on any atom is -0.497 e. The largest absolute Gasteiger partial charge is 0.497 e. The van der Waals surface area contributed by atoms with Crippen LogP contribution in [-0.2, 0) is 0 Å². The zero-order valence-corrected chi connectivity index (χ0v) is 15.5. The molecule has 2 unspecified atom stereocenters. The molecular weight excluding hydrogens is 324 g/mol. The topological polar surface area (TPSA) is 41.6 Å². The fourth-order valence-electron chi connectivity index (χ4n) is 4.44. The van der Waals surface area contributed by atoms with Gasteiger partial charge in [-0.1, -0.05) is 18.2 Å². The molecule has 2 heterocycles. The fraction of sp³-hybridized carbons (Fsp3) is 0.500. The van der Waals surface area contributed by atoms with E-state index in [1.54, 1.807) is 7.11 Å². The maximum atomic E-state index is 13.1. The summed E-state index contributed by atoms with van der Waals surface area (Å²) in [5.74, 6) is 1.28. The van der Waals surface area contributed by atoms with E-state index < -0.39 is 0 Å². The predicted molar refractivity (Wildman–Crippen MR) is 105 cm³/mol. The standard InChI is InChI=1S/C22H28N2O2/c1-26-21-9-8-16-12-18(7-6-17(16)13-21)22(25)19-4-3-11-24(15-19)20-5-2-10-23-14-20/h6-9,12-13,19-20,23H,2-5,10-11,14-15H2,1H3. The molecule has 0 aromatic heterocycles. The van der Waals surface area contributed by atoms with Crippen LogP contribution in [0.4, 0.5) is 0 Å². The van der Waals surface area contributed by atoms with Crippen LogP contribution in [0.25, 0.3) is 10.8 Å². The molecule has 138 valence electrons. The summed E-state index contributed by atoms with van der Waals surface area (Å²) in [5, 5.41) is 5.71. The van der Waals surface area contributed by atoms with Crippen LogP contribution in [0.1, 0.15) is 36.0 Å². The number of carbonyl (C=O) groups excluding carboxylic acids is 1. The van der Waals surface area contributed by atoms with E-state index in [1.165, 1.54) is 12.8 Å². The highest BCUT2D eigenvalue weighted by molar-refractivity contribution is 6.01. The van der Waals surface area contributed by atoms with Gasteiger partial charge >= 0.3 is 0 Å². The molecule has 4 rings (SSSR count). The lowest BCUT2D eigenvalue weighted by Gasteiger charge is -2.39. The number of nitrogens with zero attached hydrogens (tertiary/aromatic N) is 1. The first-order valence-corrected chi connectivity index (χ1v) is 9.81. The number of ether oxygens (including phenoxy) is 1. The summed E-state index contributed by atoms with van der Waals surface area (Å²) in [6.07, 6.45) is 4.63. The number of methoxy groups -OCH3 is 1. The van der Waals surface area contributed by atoms with Crippen LogP contribution in [0.2, 0.25) is 0 Å². The van der Waals surface area contributed by atoms with Gasteiger partial charge in [0, 0.05) is 30.6 Å². The molecule has 4 heteroatoms. The molecule has 2 atom stereocenters. The van der Waals surface area contributed by atoms with Crippen LogP contribution < -0.4 is 10.1 Å². The molecule has 4 nitrogen and oxygen atoms in total. The number of hydrogen-bond acceptors (Lipinski definition) is 4. The van der Waals surface area contributed by atoms with Gasteiger partial charge in [-0.05, 0) is 67.7 Å². The molecule has 2 fully saturated rings. The zero-order valence-electron chi connectivity index (χ0n) is 15.5. The Labute approximate surface area is 155 Å². The quantitative estimate of drug-likeness (QED) is 0.855. The molecule has 0 bridgehead atoms. The third kappa shape index (κ3) is 3.62. The van der Waals surface area contributed by atoms with Crippen LogP contribution in [0.15, 0.2) is 36.4 Å². The maximum Gasteiger partial charge on any atom is 0.167 e. The number of likely N-dealkylation sites (tertiary alicyclic amines) is 1. The lowest BCUT2D eigenvalue weighted by atomic mass is 9.88. The van der Waals surface area contributed by atoms with Gasteiger partial charge in [-0.3, -0.25) is 9.69 Å². The first-order valence-electron chi connectivity index (χ1n) is 9.81. The van der Waals surface area contributed by atoms with Crippen LogP contribution in [0.3, 0.4) is 0 Å². The minimum absolute atomic E-state index is 0.126. The van der Waals surface area contributed by atoms with Crippen molar-refractivity contribution in [2.75, 3.05) is 33.3 Å². The van der Waals surface area contributed by atoms with Crippen molar-refractivity contribution in [3.8, 4) is 5.75 Å². The van der Waals surface area contributed by atoms with Crippen LogP contribution in [0, 0.1) is 5.92 Å². The van der Waals surface area contributed by atoms with Crippen molar-refractivity contribution in [1.29, 1.82) is 0 Å². The number of hydrogen-bond donors (Lipinski definition) is 1. The molecule has 2 saturated heterocycles. The Morgan fingerprint density at radius 1 is 1.12 bits per heavy atom. The first kappa shape index (κ1) is 17.5. The Balaban J connectivity index is 1.50. The van der Waals surface area contributed by atoms with Crippen LogP contribution in [-0.4, -0.2) is 50.0 Å². The van der Waals surface area contributed by atoms with Crippen molar-refractivity contribution in [3.05, 3.63) is 42.0 Å². The second-order valence-corrected chi connectivity index (χ2v) is 7.63. The monoisotopic (exact) mass is 352 g/mol. The highest BCUT2D eigenvalue weighted by atomic mass is 16.5. The van der Waals surface area contributed by atoms with E-state index in [0.29, 0.717) is 11.8 Å². The number of rotatable bonds is 4. The van der Waals surface area contributed by atoms with E-state index in [-0.39, 0.29) is 5.92 Å². The molecule has 0 aliphatic carbocycles. The number of fused-ring (bicyclic) bond motifs is 1. The van der Waals surface area contributed by atoms with Gasteiger partial charge in [-0.25, -0.2) is 0 Å². The molecule has 0 spiro atoms. The molecule has 2 aliphatic rings. The Kier molecular flexibility index (Phi) is 5.23. The van der Waals surface area contributed by atoms with E-state index in [9.17, 15) is 4.79 Å². The number of piperidine rings is 2. The van der Waals surface area contributed by atoms with E-state index >= 15 is 0 Å².